The smallest absolute Gasteiger partial charge is 0.163 e. The summed E-state index contributed by atoms with van der Waals surface area (Å²) in [5.74, 6) is 0.470. The topological polar surface area (TPSA) is 84.2 Å². The van der Waals surface area contributed by atoms with Gasteiger partial charge in [0.2, 0.25) is 0 Å². The quantitative estimate of drug-likeness (QED) is 0.360. The molecule has 3 fully saturated rings. The van der Waals surface area contributed by atoms with Crippen molar-refractivity contribution in [3.63, 3.8) is 0 Å². The number of aromatic nitrogens is 6. The number of nitrogens with one attached hydrogen (secondary N) is 1. The van der Waals surface area contributed by atoms with Gasteiger partial charge in [-0.3, -0.25) is 15.0 Å². The molecule has 2 saturated heterocycles. The fraction of sp³-hybridized carbons (Fsp3) is 0.400. The van der Waals surface area contributed by atoms with Crippen molar-refractivity contribution in [1.29, 1.82) is 0 Å². The van der Waals surface area contributed by atoms with Crippen LogP contribution in [0, 0.1) is 0 Å². The molecular weight excluding hydrogens is 474 g/mol. The lowest BCUT2D eigenvalue weighted by atomic mass is 9.83. The van der Waals surface area contributed by atoms with Gasteiger partial charge in [0.25, 0.3) is 0 Å². The van der Waals surface area contributed by atoms with Crippen LogP contribution in [0.1, 0.15) is 50.1 Å². The van der Waals surface area contributed by atoms with Gasteiger partial charge in [-0.05, 0) is 68.4 Å². The minimum atomic E-state index is 0.458. The van der Waals surface area contributed by atoms with Gasteiger partial charge in [0.1, 0.15) is 5.69 Å². The molecule has 8 rings (SSSR count). The molecule has 0 spiro atoms. The average Bonchev–Trinajstić information content (AvgIpc) is 3.70. The summed E-state index contributed by atoms with van der Waals surface area (Å²) in [6.07, 6.45) is 15.7. The lowest BCUT2D eigenvalue weighted by Gasteiger charge is -2.41. The number of morpholine rings is 1. The average molecular weight is 506 g/mol. The number of nitrogens with zero attached hydrogens (tertiary/aromatic N) is 6. The van der Waals surface area contributed by atoms with Crippen LogP contribution in [0.5, 0.6) is 0 Å². The van der Waals surface area contributed by atoms with Crippen molar-refractivity contribution in [1.82, 2.24) is 34.7 Å². The van der Waals surface area contributed by atoms with E-state index in [4.69, 9.17) is 14.8 Å². The summed E-state index contributed by atoms with van der Waals surface area (Å²) in [5.41, 5.74) is 7.27. The molecule has 38 heavy (non-hydrogen) atoms. The largest absolute Gasteiger partial charge is 0.372 e. The first-order valence-corrected chi connectivity index (χ1v) is 13.9. The standard InChI is InChI=1S/C30H31N7O/c1-2-24(25-16-33-34-26(25)3-1)28-29(20-10-13-31-14-11-20)35-37-27(12-15-32-30(28)37)19-4-6-21(7-5-19)36-17-22-8-9-23(18-36)38-22/h1-3,10-16,19,21-23H,4-9,17-18H2,(H,33,34)/t19?,21?,22-,23+. The first-order valence-electron chi connectivity index (χ1n) is 13.9. The van der Waals surface area contributed by atoms with Gasteiger partial charge in [-0.15, -0.1) is 0 Å². The van der Waals surface area contributed by atoms with Crippen LogP contribution in [0.3, 0.4) is 0 Å². The minimum Gasteiger partial charge on any atom is -0.372 e. The zero-order valence-corrected chi connectivity index (χ0v) is 21.3. The van der Waals surface area contributed by atoms with Crippen LogP contribution in [-0.2, 0) is 4.74 Å². The van der Waals surface area contributed by atoms with Gasteiger partial charge in [0, 0.05) is 60.3 Å². The predicted octanol–water partition coefficient (Wildman–Crippen LogP) is 5.22. The first kappa shape index (κ1) is 22.4. The number of likely N-dealkylation sites (tertiary alicyclic amines) is 1. The van der Waals surface area contributed by atoms with Crippen LogP contribution < -0.4 is 0 Å². The van der Waals surface area contributed by atoms with Crippen molar-refractivity contribution >= 4 is 16.6 Å². The van der Waals surface area contributed by atoms with Crippen LogP contribution >= 0.6 is 0 Å². The summed E-state index contributed by atoms with van der Waals surface area (Å²) in [7, 11) is 0. The van der Waals surface area contributed by atoms with Crippen LogP contribution in [0.2, 0.25) is 0 Å². The number of hydrogen-bond acceptors (Lipinski definition) is 6. The lowest BCUT2D eigenvalue weighted by molar-refractivity contribution is -0.0579. The minimum absolute atomic E-state index is 0.458. The van der Waals surface area contributed by atoms with E-state index >= 15 is 0 Å². The maximum Gasteiger partial charge on any atom is 0.163 e. The number of ether oxygens (including phenoxy) is 1. The second-order valence-electron chi connectivity index (χ2n) is 11.1. The van der Waals surface area contributed by atoms with Gasteiger partial charge in [-0.2, -0.15) is 10.2 Å². The molecule has 0 unspecified atom stereocenters. The van der Waals surface area contributed by atoms with E-state index in [-0.39, 0.29) is 0 Å². The van der Waals surface area contributed by atoms with Crippen LogP contribution in [-0.4, -0.2) is 66.0 Å². The van der Waals surface area contributed by atoms with Crippen LogP contribution in [0.25, 0.3) is 38.9 Å². The number of rotatable bonds is 4. The van der Waals surface area contributed by atoms with E-state index in [2.05, 4.69) is 48.9 Å². The third-order valence-corrected chi connectivity index (χ3v) is 8.96. The second kappa shape index (κ2) is 8.99. The third kappa shape index (κ3) is 3.66. The van der Waals surface area contributed by atoms with E-state index < -0.39 is 0 Å². The van der Waals surface area contributed by atoms with Crippen LogP contribution in [0.4, 0.5) is 0 Å². The van der Waals surface area contributed by atoms with Crippen molar-refractivity contribution in [2.24, 2.45) is 0 Å². The van der Waals surface area contributed by atoms with E-state index in [1.807, 2.05) is 36.9 Å². The number of pyridine rings is 1. The van der Waals surface area contributed by atoms with E-state index in [1.54, 1.807) is 0 Å². The zero-order chi connectivity index (χ0) is 25.1. The fourth-order valence-corrected chi connectivity index (χ4v) is 7.10. The molecule has 1 aliphatic carbocycles. The Morgan fingerprint density at radius 1 is 0.868 bits per heavy atom. The highest BCUT2D eigenvalue weighted by Gasteiger charge is 2.38. The molecule has 1 N–H and O–H groups in total. The Labute approximate surface area is 221 Å². The highest BCUT2D eigenvalue weighted by molar-refractivity contribution is 6.02. The number of aromatic amines is 1. The van der Waals surface area contributed by atoms with E-state index in [9.17, 15) is 0 Å². The molecule has 0 radical (unpaired) electrons. The van der Waals surface area contributed by atoms with Gasteiger partial charge >= 0.3 is 0 Å². The molecule has 1 aromatic carbocycles. The van der Waals surface area contributed by atoms with Crippen molar-refractivity contribution in [2.45, 2.75) is 62.7 Å². The van der Waals surface area contributed by atoms with Gasteiger partial charge in [0.15, 0.2) is 5.65 Å². The predicted molar refractivity (Wildman–Crippen MR) is 146 cm³/mol. The Balaban J connectivity index is 1.18. The molecule has 8 nitrogen and oxygen atoms in total. The Morgan fingerprint density at radius 3 is 2.50 bits per heavy atom. The van der Waals surface area contributed by atoms with Crippen molar-refractivity contribution < 1.29 is 4.74 Å². The molecule has 2 aliphatic heterocycles. The Bertz CT molecular complexity index is 1590. The highest BCUT2D eigenvalue weighted by atomic mass is 16.5. The van der Waals surface area contributed by atoms with E-state index in [1.165, 1.54) is 44.2 Å². The molecule has 6 heterocycles. The molecule has 4 aromatic heterocycles. The Hall–Kier alpha value is -3.62. The SMILES string of the molecule is c1cc(-c2c(-c3ccncc3)nn3c(C4CCC(N5C[C@H]6CC[C@@H](C5)O6)CC4)ccnc23)c2cn[nH]c2c1. The van der Waals surface area contributed by atoms with E-state index in [0.717, 1.165) is 52.0 Å². The summed E-state index contributed by atoms with van der Waals surface area (Å²) in [6, 6.07) is 13.2. The molecular formula is C30H31N7O. The Kier molecular flexibility index (Phi) is 5.29. The Morgan fingerprint density at radius 2 is 1.68 bits per heavy atom. The number of hydrogen-bond donors (Lipinski definition) is 1. The molecule has 1 saturated carbocycles. The zero-order valence-electron chi connectivity index (χ0n) is 21.3. The third-order valence-electron chi connectivity index (χ3n) is 8.96. The maximum absolute atomic E-state index is 6.09. The monoisotopic (exact) mass is 505 g/mol. The van der Waals surface area contributed by atoms with Crippen molar-refractivity contribution in [3.8, 4) is 22.4 Å². The molecule has 192 valence electrons. The van der Waals surface area contributed by atoms with Crippen LogP contribution in [0.15, 0.2) is 61.2 Å². The van der Waals surface area contributed by atoms with Gasteiger partial charge in [0.05, 0.1) is 29.5 Å². The summed E-state index contributed by atoms with van der Waals surface area (Å²) in [4.78, 5) is 11.9. The van der Waals surface area contributed by atoms with Gasteiger partial charge < -0.3 is 4.74 Å². The number of fused-ring (bicyclic) bond motifs is 4. The molecule has 2 atom stereocenters. The highest BCUT2D eigenvalue weighted by Crippen LogP contribution is 2.41. The fourth-order valence-electron chi connectivity index (χ4n) is 7.10. The summed E-state index contributed by atoms with van der Waals surface area (Å²) < 4.78 is 8.21. The molecule has 0 amide bonds. The number of H-pyrrole nitrogens is 1. The lowest BCUT2D eigenvalue weighted by Crippen LogP contribution is -2.48. The summed E-state index contributed by atoms with van der Waals surface area (Å²) in [5, 5.41) is 13.7. The normalized spacial score (nSPS) is 25.9. The van der Waals surface area contributed by atoms with Crippen molar-refractivity contribution in [3.05, 3.63) is 66.9 Å². The van der Waals surface area contributed by atoms with Gasteiger partial charge in [-0.1, -0.05) is 12.1 Å². The first-order chi connectivity index (χ1) is 18.8. The maximum atomic E-state index is 6.09. The summed E-state index contributed by atoms with van der Waals surface area (Å²) >= 11 is 0. The van der Waals surface area contributed by atoms with Crippen molar-refractivity contribution in [2.75, 3.05) is 13.1 Å². The molecule has 8 heteroatoms. The molecule has 5 aromatic rings. The number of benzene rings is 1. The molecule has 3 aliphatic rings. The van der Waals surface area contributed by atoms with E-state index in [0.29, 0.717) is 24.2 Å². The van der Waals surface area contributed by atoms with Gasteiger partial charge in [-0.25, -0.2) is 9.50 Å². The second-order valence-corrected chi connectivity index (χ2v) is 11.1. The molecule has 2 bridgehead atoms. The summed E-state index contributed by atoms with van der Waals surface area (Å²) in [6.45, 7) is 2.23.